The first-order valence-corrected chi connectivity index (χ1v) is 8.96. The summed E-state index contributed by atoms with van der Waals surface area (Å²) >= 11 is 13.2. The number of imidazole rings is 1. The molecule has 0 unspecified atom stereocenters. The maximum Gasteiger partial charge on any atom is 0.322 e. The van der Waals surface area contributed by atoms with Crippen LogP contribution in [-0.4, -0.2) is 38.1 Å². The normalized spacial score (nSPS) is 10.9. The van der Waals surface area contributed by atoms with Crippen LogP contribution in [0, 0.1) is 6.92 Å². The Bertz CT molecular complexity index is 1000. The van der Waals surface area contributed by atoms with E-state index in [0.29, 0.717) is 32.4 Å². The van der Waals surface area contributed by atoms with Crippen molar-refractivity contribution in [2.24, 2.45) is 0 Å². The third-order valence-electron chi connectivity index (χ3n) is 3.47. The van der Waals surface area contributed by atoms with Crippen molar-refractivity contribution in [1.29, 1.82) is 0 Å². The van der Waals surface area contributed by atoms with E-state index in [0.717, 1.165) is 5.56 Å². The minimum atomic E-state index is -1.12. The summed E-state index contributed by atoms with van der Waals surface area (Å²) < 4.78 is 1.54. The number of halogens is 2. The second-order valence-corrected chi connectivity index (χ2v) is 7.10. The molecule has 0 aliphatic rings. The third kappa shape index (κ3) is 3.90. The van der Waals surface area contributed by atoms with Gasteiger partial charge >= 0.3 is 5.97 Å². The highest BCUT2D eigenvalue weighted by atomic mass is 35.5. The molecule has 0 spiro atoms. The first-order valence-electron chi connectivity index (χ1n) is 7.39. The van der Waals surface area contributed by atoms with Crippen molar-refractivity contribution in [2.45, 2.75) is 13.5 Å². The lowest BCUT2D eigenvalue weighted by Gasteiger charge is -2.04. The van der Waals surface area contributed by atoms with Gasteiger partial charge in [0, 0.05) is 6.54 Å². The Morgan fingerprint density at radius 1 is 1.31 bits per heavy atom. The first kappa shape index (κ1) is 18.4. The van der Waals surface area contributed by atoms with Crippen LogP contribution in [0.1, 0.15) is 21.7 Å². The second kappa shape index (κ2) is 7.48. The number of carboxylic acids is 1. The van der Waals surface area contributed by atoms with Gasteiger partial charge in [0.05, 0.1) is 15.7 Å². The monoisotopic (exact) mass is 413 g/mol. The van der Waals surface area contributed by atoms with E-state index in [-0.39, 0.29) is 5.69 Å². The van der Waals surface area contributed by atoms with E-state index in [1.807, 2.05) is 6.07 Å². The Morgan fingerprint density at radius 3 is 2.73 bits per heavy atom. The van der Waals surface area contributed by atoms with E-state index in [9.17, 15) is 9.59 Å². The quantitative estimate of drug-likeness (QED) is 0.573. The molecule has 3 aromatic rings. The molecule has 0 bridgehead atoms. The van der Waals surface area contributed by atoms with Gasteiger partial charge in [0.2, 0.25) is 10.1 Å². The SMILES string of the molecule is Cc1c(C(=O)NCC(=O)O)nc2sc(NCc3ccc(Cl)c(Cl)c3)nn12. The van der Waals surface area contributed by atoms with Gasteiger partial charge in [-0.3, -0.25) is 9.59 Å². The zero-order valence-corrected chi connectivity index (χ0v) is 15.7. The van der Waals surface area contributed by atoms with E-state index in [1.54, 1.807) is 19.1 Å². The fourth-order valence-electron chi connectivity index (χ4n) is 2.20. The second-order valence-electron chi connectivity index (χ2n) is 5.33. The molecule has 26 heavy (non-hydrogen) atoms. The van der Waals surface area contributed by atoms with Gasteiger partial charge in [0.15, 0.2) is 5.69 Å². The summed E-state index contributed by atoms with van der Waals surface area (Å²) in [6.07, 6.45) is 0. The van der Waals surface area contributed by atoms with Crippen LogP contribution in [0.4, 0.5) is 5.13 Å². The Kier molecular flexibility index (Phi) is 5.30. The minimum absolute atomic E-state index is 0.154. The number of aromatic nitrogens is 3. The van der Waals surface area contributed by atoms with Crippen LogP contribution in [0.15, 0.2) is 18.2 Å². The van der Waals surface area contributed by atoms with Gasteiger partial charge in [-0.05, 0) is 24.6 Å². The number of anilines is 1. The molecule has 0 aliphatic heterocycles. The Labute approximate surface area is 161 Å². The average molecular weight is 414 g/mol. The smallest absolute Gasteiger partial charge is 0.322 e. The summed E-state index contributed by atoms with van der Waals surface area (Å²) in [5, 5.41) is 20.0. The lowest BCUT2D eigenvalue weighted by molar-refractivity contribution is -0.135. The number of aryl methyl sites for hydroxylation is 1. The summed E-state index contributed by atoms with van der Waals surface area (Å²) in [4.78, 5) is 27.3. The maximum atomic E-state index is 12.0. The summed E-state index contributed by atoms with van der Waals surface area (Å²) in [6, 6.07) is 5.35. The fourth-order valence-corrected chi connectivity index (χ4v) is 3.36. The predicted octanol–water partition coefficient (Wildman–Crippen LogP) is 2.83. The number of rotatable bonds is 6. The van der Waals surface area contributed by atoms with Crippen LogP contribution in [-0.2, 0) is 11.3 Å². The largest absolute Gasteiger partial charge is 0.480 e. The molecule has 2 aromatic heterocycles. The van der Waals surface area contributed by atoms with Gasteiger partial charge in [0.1, 0.15) is 6.54 Å². The molecule has 0 fully saturated rings. The first-order chi connectivity index (χ1) is 12.3. The van der Waals surface area contributed by atoms with E-state index in [4.69, 9.17) is 28.3 Å². The highest BCUT2D eigenvalue weighted by Gasteiger charge is 2.19. The molecule has 0 saturated carbocycles. The van der Waals surface area contributed by atoms with Crippen LogP contribution in [0.5, 0.6) is 0 Å². The van der Waals surface area contributed by atoms with Crippen LogP contribution in [0.2, 0.25) is 10.0 Å². The van der Waals surface area contributed by atoms with Gasteiger partial charge in [0.25, 0.3) is 5.91 Å². The standard InChI is InChI=1S/C15H13Cl2N5O3S/c1-7-12(13(25)18-6-11(23)24)20-15-22(7)21-14(26-15)19-5-8-2-3-9(16)10(17)4-8/h2-4H,5-6H2,1H3,(H,18,25)(H,19,21)(H,23,24). The van der Waals surface area contributed by atoms with Crippen LogP contribution in [0.3, 0.4) is 0 Å². The molecule has 11 heteroatoms. The molecule has 8 nitrogen and oxygen atoms in total. The topological polar surface area (TPSA) is 109 Å². The van der Waals surface area contributed by atoms with Crippen LogP contribution >= 0.6 is 34.5 Å². The number of hydrogen-bond acceptors (Lipinski definition) is 6. The highest BCUT2D eigenvalue weighted by Crippen LogP contribution is 2.25. The zero-order valence-electron chi connectivity index (χ0n) is 13.4. The van der Waals surface area contributed by atoms with Crippen molar-refractivity contribution in [3.05, 3.63) is 45.2 Å². The molecular formula is C15H13Cl2N5O3S. The molecule has 3 N–H and O–H groups in total. The van der Waals surface area contributed by atoms with Crippen LogP contribution < -0.4 is 10.6 Å². The molecule has 1 amide bonds. The van der Waals surface area contributed by atoms with E-state index in [2.05, 4.69) is 20.7 Å². The van der Waals surface area contributed by atoms with Gasteiger partial charge < -0.3 is 15.7 Å². The van der Waals surface area contributed by atoms with Gasteiger partial charge in [-0.25, -0.2) is 9.50 Å². The Balaban J connectivity index is 1.72. The zero-order chi connectivity index (χ0) is 18.8. The van der Waals surface area contributed by atoms with Gasteiger partial charge in [-0.2, -0.15) is 0 Å². The molecule has 0 atom stereocenters. The number of nitrogens with one attached hydrogen (secondary N) is 2. The average Bonchev–Trinajstić information content (AvgIpc) is 3.13. The lowest BCUT2D eigenvalue weighted by atomic mass is 10.2. The number of hydrogen-bond donors (Lipinski definition) is 3. The van der Waals surface area contributed by atoms with Crippen molar-refractivity contribution in [3.63, 3.8) is 0 Å². The van der Waals surface area contributed by atoms with Crippen molar-refractivity contribution in [2.75, 3.05) is 11.9 Å². The molecule has 1 aromatic carbocycles. The predicted molar refractivity (Wildman–Crippen MR) is 99.4 cm³/mol. The molecule has 2 heterocycles. The van der Waals surface area contributed by atoms with Crippen molar-refractivity contribution in [3.8, 4) is 0 Å². The third-order valence-corrected chi connectivity index (χ3v) is 5.08. The van der Waals surface area contributed by atoms with E-state index >= 15 is 0 Å². The van der Waals surface area contributed by atoms with Crippen molar-refractivity contribution >= 4 is 56.5 Å². The summed E-state index contributed by atoms with van der Waals surface area (Å²) in [5.41, 5.74) is 1.63. The van der Waals surface area contributed by atoms with Crippen LogP contribution in [0.25, 0.3) is 4.96 Å². The molecular weight excluding hydrogens is 401 g/mol. The molecule has 0 saturated heterocycles. The fraction of sp³-hybridized carbons (Fsp3) is 0.200. The minimum Gasteiger partial charge on any atom is -0.480 e. The number of carbonyl (C=O) groups excluding carboxylic acids is 1. The number of carboxylic acid groups (broad SMARTS) is 1. The summed E-state index contributed by atoms with van der Waals surface area (Å²) in [7, 11) is 0. The number of benzene rings is 1. The number of carbonyl (C=O) groups is 2. The summed E-state index contributed by atoms with van der Waals surface area (Å²) in [6.45, 7) is 1.73. The van der Waals surface area contributed by atoms with E-state index < -0.39 is 18.4 Å². The lowest BCUT2D eigenvalue weighted by Crippen LogP contribution is -2.30. The number of fused-ring (bicyclic) bond motifs is 1. The van der Waals surface area contributed by atoms with Crippen molar-refractivity contribution in [1.82, 2.24) is 19.9 Å². The Hall–Kier alpha value is -2.36. The highest BCUT2D eigenvalue weighted by molar-refractivity contribution is 7.20. The molecule has 0 radical (unpaired) electrons. The molecule has 3 rings (SSSR count). The number of nitrogens with zero attached hydrogens (tertiary/aromatic N) is 3. The van der Waals surface area contributed by atoms with E-state index in [1.165, 1.54) is 15.9 Å². The number of amides is 1. The molecule has 0 aliphatic carbocycles. The van der Waals surface area contributed by atoms with Gasteiger partial charge in [-0.1, -0.05) is 40.6 Å². The molecule has 136 valence electrons. The Morgan fingerprint density at radius 2 is 2.08 bits per heavy atom. The van der Waals surface area contributed by atoms with Crippen molar-refractivity contribution < 1.29 is 14.7 Å². The van der Waals surface area contributed by atoms with Gasteiger partial charge in [-0.15, -0.1) is 5.10 Å². The number of aliphatic carboxylic acids is 1. The maximum absolute atomic E-state index is 12.0. The summed E-state index contributed by atoms with van der Waals surface area (Å²) in [5.74, 6) is -1.67.